The minimum absolute atomic E-state index is 0.0940. The van der Waals surface area contributed by atoms with Crippen molar-refractivity contribution in [1.82, 2.24) is 0 Å². The first-order valence-corrected chi connectivity index (χ1v) is 8.70. The lowest BCUT2D eigenvalue weighted by Crippen LogP contribution is -2.46. The summed E-state index contributed by atoms with van der Waals surface area (Å²) in [7, 11) is 0. The lowest BCUT2D eigenvalue weighted by Gasteiger charge is -2.41. The summed E-state index contributed by atoms with van der Waals surface area (Å²) in [4.78, 5) is 0. The quantitative estimate of drug-likeness (QED) is 0.843. The van der Waals surface area contributed by atoms with Gasteiger partial charge in [0, 0.05) is 6.04 Å². The van der Waals surface area contributed by atoms with Crippen LogP contribution in [0.15, 0.2) is 30.3 Å². The Balaban J connectivity index is 2.07. The molecule has 2 unspecified atom stereocenters. The fourth-order valence-corrected chi connectivity index (χ4v) is 3.54. The number of hydrogen-bond donors (Lipinski definition) is 2. The molecule has 0 spiro atoms. The number of hydrogen-bond acceptors (Lipinski definition) is 3. The zero-order valence-corrected chi connectivity index (χ0v) is 14.1. The number of nitrogens with two attached hydrogens (primary N) is 1. The summed E-state index contributed by atoms with van der Waals surface area (Å²) in [5, 5.41) is 10.7. The van der Waals surface area contributed by atoms with Gasteiger partial charge in [0.05, 0.1) is 18.3 Å². The van der Waals surface area contributed by atoms with Crippen LogP contribution in [0, 0.1) is 11.8 Å². The van der Waals surface area contributed by atoms with Crippen molar-refractivity contribution in [3.8, 4) is 0 Å². The molecule has 1 aromatic rings. The SMILES string of the molecule is CCC(CC)O[C@@H]1CC(C(O)c2ccccc2)C[C@H](N)[C@H]1C. The molecular weight excluding hydrogens is 274 g/mol. The molecule has 3 heteroatoms. The monoisotopic (exact) mass is 305 g/mol. The third kappa shape index (κ3) is 4.09. The van der Waals surface area contributed by atoms with Crippen LogP contribution in [0.5, 0.6) is 0 Å². The normalized spacial score (nSPS) is 30.5. The van der Waals surface area contributed by atoms with Gasteiger partial charge in [-0.15, -0.1) is 0 Å². The number of aliphatic hydroxyl groups is 1. The van der Waals surface area contributed by atoms with E-state index in [2.05, 4.69) is 20.8 Å². The van der Waals surface area contributed by atoms with Gasteiger partial charge >= 0.3 is 0 Å². The van der Waals surface area contributed by atoms with E-state index in [1.165, 1.54) is 0 Å². The zero-order valence-electron chi connectivity index (χ0n) is 14.1. The predicted molar refractivity (Wildman–Crippen MR) is 90.5 cm³/mol. The van der Waals surface area contributed by atoms with Crippen LogP contribution < -0.4 is 5.73 Å². The lowest BCUT2D eigenvalue weighted by molar-refractivity contribution is -0.0887. The van der Waals surface area contributed by atoms with E-state index in [9.17, 15) is 5.11 Å². The van der Waals surface area contributed by atoms with Gasteiger partial charge in [0.1, 0.15) is 0 Å². The number of ether oxygens (including phenoxy) is 1. The fourth-order valence-electron chi connectivity index (χ4n) is 3.54. The van der Waals surface area contributed by atoms with Gasteiger partial charge in [-0.1, -0.05) is 51.1 Å². The summed E-state index contributed by atoms with van der Waals surface area (Å²) in [5.74, 6) is 0.521. The largest absolute Gasteiger partial charge is 0.388 e. The van der Waals surface area contributed by atoms with Crippen molar-refractivity contribution in [2.75, 3.05) is 0 Å². The number of aliphatic hydroxyl groups excluding tert-OH is 1. The van der Waals surface area contributed by atoms with Crippen molar-refractivity contribution < 1.29 is 9.84 Å². The van der Waals surface area contributed by atoms with Gasteiger partial charge in [-0.2, -0.15) is 0 Å². The Labute approximate surface area is 134 Å². The fraction of sp³-hybridized carbons (Fsp3) is 0.684. The standard InChI is InChI=1S/C19H31NO2/c1-4-16(5-2)22-18-12-15(11-17(20)13(18)3)19(21)14-9-7-6-8-10-14/h6-10,13,15-19,21H,4-5,11-12,20H2,1-3H3/t13-,15?,17+,18-,19?/m1/s1. The Kier molecular flexibility index (Phi) is 6.42. The molecule has 1 fully saturated rings. The second-order valence-electron chi connectivity index (χ2n) is 6.72. The van der Waals surface area contributed by atoms with E-state index in [0.29, 0.717) is 12.0 Å². The summed E-state index contributed by atoms with van der Waals surface area (Å²) in [5.41, 5.74) is 7.32. The van der Waals surface area contributed by atoms with Gasteiger partial charge in [-0.3, -0.25) is 0 Å². The van der Waals surface area contributed by atoms with E-state index in [1.807, 2.05) is 30.3 Å². The Morgan fingerprint density at radius 3 is 2.41 bits per heavy atom. The second kappa shape index (κ2) is 8.09. The van der Waals surface area contributed by atoms with E-state index < -0.39 is 6.10 Å². The Bertz CT molecular complexity index is 432. The first kappa shape index (κ1) is 17.5. The molecule has 5 atom stereocenters. The van der Waals surface area contributed by atoms with Crippen molar-refractivity contribution in [1.29, 1.82) is 0 Å². The highest BCUT2D eigenvalue weighted by Crippen LogP contribution is 2.38. The molecule has 1 saturated carbocycles. The third-order valence-corrected chi connectivity index (χ3v) is 5.24. The molecule has 0 aliphatic heterocycles. The molecule has 2 rings (SSSR count). The molecule has 124 valence electrons. The highest BCUT2D eigenvalue weighted by Gasteiger charge is 2.38. The van der Waals surface area contributed by atoms with Gasteiger partial charge in [-0.05, 0) is 43.1 Å². The molecule has 0 bridgehead atoms. The first-order valence-electron chi connectivity index (χ1n) is 8.70. The maximum absolute atomic E-state index is 10.7. The second-order valence-corrected chi connectivity index (χ2v) is 6.72. The number of benzene rings is 1. The van der Waals surface area contributed by atoms with Gasteiger partial charge in [-0.25, -0.2) is 0 Å². The summed E-state index contributed by atoms with van der Waals surface area (Å²) in [6.07, 6.45) is 3.81. The van der Waals surface area contributed by atoms with Crippen LogP contribution in [0.4, 0.5) is 0 Å². The molecule has 0 amide bonds. The van der Waals surface area contributed by atoms with Crippen LogP contribution >= 0.6 is 0 Å². The highest BCUT2D eigenvalue weighted by molar-refractivity contribution is 5.18. The molecule has 1 aliphatic carbocycles. The summed E-state index contributed by atoms with van der Waals surface area (Å²) >= 11 is 0. The highest BCUT2D eigenvalue weighted by atomic mass is 16.5. The Morgan fingerprint density at radius 1 is 1.18 bits per heavy atom. The van der Waals surface area contributed by atoms with E-state index in [-0.39, 0.29) is 18.1 Å². The van der Waals surface area contributed by atoms with Crippen molar-refractivity contribution in [2.24, 2.45) is 17.6 Å². The van der Waals surface area contributed by atoms with Crippen LogP contribution in [0.1, 0.15) is 58.1 Å². The molecule has 3 N–H and O–H groups in total. The molecule has 0 aromatic heterocycles. The van der Waals surface area contributed by atoms with E-state index in [4.69, 9.17) is 10.5 Å². The first-order chi connectivity index (χ1) is 10.6. The van der Waals surface area contributed by atoms with Crippen molar-refractivity contribution in [3.05, 3.63) is 35.9 Å². The van der Waals surface area contributed by atoms with Crippen molar-refractivity contribution >= 4 is 0 Å². The minimum atomic E-state index is -0.451. The van der Waals surface area contributed by atoms with Gasteiger partial charge in [0.25, 0.3) is 0 Å². The van der Waals surface area contributed by atoms with Crippen LogP contribution in [-0.4, -0.2) is 23.4 Å². The average molecular weight is 305 g/mol. The zero-order chi connectivity index (χ0) is 16.1. The van der Waals surface area contributed by atoms with Gasteiger partial charge < -0.3 is 15.6 Å². The number of rotatable bonds is 6. The summed E-state index contributed by atoms with van der Waals surface area (Å²) in [6.45, 7) is 6.51. The van der Waals surface area contributed by atoms with Crippen LogP contribution in [-0.2, 0) is 4.74 Å². The van der Waals surface area contributed by atoms with Crippen LogP contribution in [0.3, 0.4) is 0 Å². The minimum Gasteiger partial charge on any atom is -0.388 e. The third-order valence-electron chi connectivity index (χ3n) is 5.24. The Hall–Kier alpha value is -0.900. The average Bonchev–Trinajstić information content (AvgIpc) is 2.56. The Morgan fingerprint density at radius 2 is 1.82 bits per heavy atom. The molecule has 1 aromatic carbocycles. The maximum Gasteiger partial charge on any atom is 0.0819 e. The van der Waals surface area contributed by atoms with Crippen LogP contribution in [0.2, 0.25) is 0 Å². The summed E-state index contributed by atoms with van der Waals surface area (Å²) < 4.78 is 6.30. The van der Waals surface area contributed by atoms with Gasteiger partial charge in [0.15, 0.2) is 0 Å². The van der Waals surface area contributed by atoms with E-state index >= 15 is 0 Å². The van der Waals surface area contributed by atoms with E-state index in [1.54, 1.807) is 0 Å². The maximum atomic E-state index is 10.7. The smallest absolute Gasteiger partial charge is 0.0819 e. The van der Waals surface area contributed by atoms with Crippen molar-refractivity contribution in [3.63, 3.8) is 0 Å². The van der Waals surface area contributed by atoms with Gasteiger partial charge in [0.2, 0.25) is 0 Å². The molecule has 0 radical (unpaired) electrons. The summed E-state index contributed by atoms with van der Waals surface area (Å²) in [6, 6.07) is 10.0. The topological polar surface area (TPSA) is 55.5 Å². The molecule has 0 heterocycles. The predicted octanol–water partition coefficient (Wildman–Crippen LogP) is 3.67. The van der Waals surface area contributed by atoms with Crippen molar-refractivity contribution in [2.45, 2.75) is 70.8 Å². The van der Waals surface area contributed by atoms with Crippen LogP contribution in [0.25, 0.3) is 0 Å². The molecule has 1 aliphatic rings. The lowest BCUT2D eigenvalue weighted by atomic mass is 9.74. The molecular formula is C19H31NO2. The molecule has 22 heavy (non-hydrogen) atoms. The van der Waals surface area contributed by atoms with E-state index in [0.717, 1.165) is 31.2 Å². The molecule has 0 saturated heterocycles. The molecule has 3 nitrogen and oxygen atoms in total.